The summed E-state index contributed by atoms with van der Waals surface area (Å²) in [6.07, 6.45) is 5.87. The number of benzene rings is 1. The van der Waals surface area contributed by atoms with Crippen LogP contribution in [0.25, 0.3) is 6.08 Å². The Hall–Kier alpha value is -2.08. The second kappa shape index (κ2) is 5.71. The van der Waals surface area contributed by atoms with E-state index in [1.165, 1.54) is 6.08 Å². The number of aryl methyl sites for hydroxylation is 1. The van der Waals surface area contributed by atoms with Crippen molar-refractivity contribution in [3.05, 3.63) is 46.7 Å². The van der Waals surface area contributed by atoms with Crippen LogP contribution >= 0.6 is 15.9 Å². The summed E-state index contributed by atoms with van der Waals surface area (Å²) in [5.41, 5.74) is 0.675. The van der Waals surface area contributed by atoms with Gasteiger partial charge in [0.05, 0.1) is 12.4 Å². The minimum Gasteiger partial charge on any atom is -0.478 e. The van der Waals surface area contributed by atoms with E-state index in [1.54, 1.807) is 36.3 Å². The van der Waals surface area contributed by atoms with Gasteiger partial charge in [0.2, 0.25) is 0 Å². The number of ether oxygens (including phenoxy) is 1. The number of carboxylic acids is 1. The number of carbonyl (C=O) groups is 1. The molecule has 2 aromatic rings. The highest BCUT2D eigenvalue weighted by molar-refractivity contribution is 9.10. The van der Waals surface area contributed by atoms with Crippen LogP contribution in [0.5, 0.6) is 11.5 Å². The third-order valence-electron chi connectivity index (χ3n) is 2.29. The maximum atomic E-state index is 10.6. The van der Waals surface area contributed by atoms with Gasteiger partial charge in [0.25, 0.3) is 0 Å². The number of hydrogen-bond acceptors (Lipinski definition) is 3. The van der Waals surface area contributed by atoms with Crippen LogP contribution in [0.15, 0.2) is 41.1 Å². The van der Waals surface area contributed by atoms with Gasteiger partial charge in [0.1, 0.15) is 5.75 Å². The quantitative estimate of drug-likeness (QED) is 0.878. The molecule has 2 rings (SSSR count). The van der Waals surface area contributed by atoms with E-state index >= 15 is 0 Å². The Kier molecular flexibility index (Phi) is 4.01. The number of nitrogens with zero attached hydrogens (tertiary/aromatic N) is 2. The molecular formula is C13H11BrN2O3. The number of hydrogen-bond donors (Lipinski definition) is 1. The van der Waals surface area contributed by atoms with E-state index in [9.17, 15) is 4.79 Å². The largest absolute Gasteiger partial charge is 0.478 e. The predicted octanol–water partition coefficient (Wildman–Crippen LogP) is 3.07. The molecule has 1 heterocycles. The first-order valence-corrected chi connectivity index (χ1v) is 6.21. The predicted molar refractivity (Wildman–Crippen MR) is 74.1 cm³/mol. The first-order chi connectivity index (χ1) is 9.04. The van der Waals surface area contributed by atoms with Crippen molar-refractivity contribution in [3.8, 4) is 11.5 Å². The molecule has 0 atom stereocenters. The molecule has 0 spiro atoms. The Balaban J connectivity index is 2.31. The van der Waals surface area contributed by atoms with Crippen LogP contribution in [0.3, 0.4) is 0 Å². The number of aromatic nitrogens is 2. The van der Waals surface area contributed by atoms with Gasteiger partial charge in [-0.3, -0.25) is 4.68 Å². The molecule has 0 aliphatic carbocycles. The molecule has 98 valence electrons. The first kappa shape index (κ1) is 13.4. The van der Waals surface area contributed by atoms with Gasteiger partial charge < -0.3 is 9.84 Å². The third-order valence-corrected chi connectivity index (χ3v) is 2.78. The summed E-state index contributed by atoms with van der Waals surface area (Å²) in [6, 6.07) is 5.36. The van der Waals surface area contributed by atoms with Crippen molar-refractivity contribution in [2.45, 2.75) is 0 Å². The fourth-order valence-corrected chi connectivity index (χ4v) is 1.81. The standard InChI is InChI=1S/C13H11BrN2O3/c1-16-8-11(7-15-16)19-12-6-10(14)4-2-9(12)3-5-13(17)18/h2-8H,1H3,(H,17,18)/b5-3+. The van der Waals surface area contributed by atoms with Crippen LogP contribution in [0, 0.1) is 0 Å². The van der Waals surface area contributed by atoms with Gasteiger partial charge in [-0.05, 0) is 18.2 Å². The van der Waals surface area contributed by atoms with Crippen molar-refractivity contribution in [1.29, 1.82) is 0 Å². The van der Waals surface area contributed by atoms with Gasteiger partial charge in [-0.1, -0.05) is 22.0 Å². The molecule has 19 heavy (non-hydrogen) atoms. The lowest BCUT2D eigenvalue weighted by Gasteiger charge is -2.07. The van der Waals surface area contributed by atoms with E-state index in [0.717, 1.165) is 10.5 Å². The van der Waals surface area contributed by atoms with E-state index in [4.69, 9.17) is 9.84 Å². The van der Waals surface area contributed by atoms with Gasteiger partial charge in [-0.25, -0.2) is 4.79 Å². The van der Waals surface area contributed by atoms with Crippen LogP contribution < -0.4 is 4.74 Å². The summed E-state index contributed by atoms with van der Waals surface area (Å²) in [4.78, 5) is 10.6. The smallest absolute Gasteiger partial charge is 0.328 e. The lowest BCUT2D eigenvalue weighted by Crippen LogP contribution is -1.89. The Morgan fingerprint density at radius 2 is 2.32 bits per heavy atom. The lowest BCUT2D eigenvalue weighted by atomic mass is 10.2. The van der Waals surface area contributed by atoms with Crippen molar-refractivity contribution in [3.63, 3.8) is 0 Å². The zero-order chi connectivity index (χ0) is 13.8. The summed E-state index contributed by atoms with van der Waals surface area (Å²) in [5, 5.41) is 12.7. The first-order valence-electron chi connectivity index (χ1n) is 5.41. The van der Waals surface area contributed by atoms with E-state index in [0.29, 0.717) is 17.1 Å². The SMILES string of the molecule is Cn1cc(Oc2cc(Br)ccc2/C=C/C(=O)O)cn1. The summed E-state index contributed by atoms with van der Waals surface area (Å²) < 4.78 is 8.16. The van der Waals surface area contributed by atoms with Crippen molar-refractivity contribution < 1.29 is 14.6 Å². The average molecular weight is 323 g/mol. The topological polar surface area (TPSA) is 64.3 Å². The fourth-order valence-electron chi connectivity index (χ4n) is 1.47. The molecule has 5 nitrogen and oxygen atoms in total. The second-order valence-electron chi connectivity index (χ2n) is 3.81. The molecule has 6 heteroatoms. The van der Waals surface area contributed by atoms with Crippen LogP contribution in [0.4, 0.5) is 0 Å². The molecular weight excluding hydrogens is 312 g/mol. The molecule has 1 aromatic carbocycles. The highest BCUT2D eigenvalue weighted by Gasteiger charge is 2.05. The lowest BCUT2D eigenvalue weighted by molar-refractivity contribution is -0.131. The molecule has 0 radical (unpaired) electrons. The van der Waals surface area contributed by atoms with Crippen LogP contribution in [0.2, 0.25) is 0 Å². The zero-order valence-electron chi connectivity index (χ0n) is 10.1. The molecule has 0 unspecified atom stereocenters. The van der Waals surface area contributed by atoms with E-state index in [-0.39, 0.29) is 0 Å². The number of halogens is 1. The Morgan fingerprint density at radius 1 is 1.53 bits per heavy atom. The van der Waals surface area contributed by atoms with E-state index < -0.39 is 5.97 Å². The minimum atomic E-state index is -1.00. The summed E-state index contributed by atoms with van der Waals surface area (Å²) in [5.74, 6) is 0.140. The van der Waals surface area contributed by atoms with Gasteiger partial charge >= 0.3 is 5.97 Å². The van der Waals surface area contributed by atoms with Crippen LogP contribution in [-0.4, -0.2) is 20.9 Å². The van der Waals surface area contributed by atoms with E-state index in [2.05, 4.69) is 21.0 Å². The third kappa shape index (κ3) is 3.69. The molecule has 0 amide bonds. The summed E-state index contributed by atoms with van der Waals surface area (Å²) in [7, 11) is 1.79. The van der Waals surface area contributed by atoms with Crippen molar-refractivity contribution in [1.82, 2.24) is 9.78 Å². The van der Waals surface area contributed by atoms with Crippen LogP contribution in [-0.2, 0) is 11.8 Å². The average Bonchev–Trinajstić information content (AvgIpc) is 2.73. The Morgan fingerprint density at radius 3 is 2.95 bits per heavy atom. The van der Waals surface area contributed by atoms with Crippen molar-refractivity contribution in [2.75, 3.05) is 0 Å². The van der Waals surface area contributed by atoms with Crippen molar-refractivity contribution >= 4 is 28.0 Å². The Labute approximate surface area is 118 Å². The maximum absolute atomic E-state index is 10.6. The number of rotatable bonds is 4. The summed E-state index contributed by atoms with van der Waals surface area (Å²) >= 11 is 3.35. The minimum absolute atomic E-state index is 0.555. The highest BCUT2D eigenvalue weighted by atomic mass is 79.9. The van der Waals surface area contributed by atoms with Gasteiger partial charge in [0.15, 0.2) is 5.75 Å². The molecule has 0 fully saturated rings. The molecule has 0 saturated carbocycles. The molecule has 0 aliphatic heterocycles. The fraction of sp³-hybridized carbons (Fsp3) is 0.0769. The zero-order valence-corrected chi connectivity index (χ0v) is 11.7. The molecule has 1 N–H and O–H groups in total. The summed E-state index contributed by atoms with van der Waals surface area (Å²) in [6.45, 7) is 0. The second-order valence-corrected chi connectivity index (χ2v) is 4.72. The molecule has 1 aromatic heterocycles. The number of carboxylic acid groups (broad SMARTS) is 1. The van der Waals surface area contributed by atoms with Gasteiger partial charge in [-0.2, -0.15) is 5.10 Å². The van der Waals surface area contributed by atoms with Crippen LogP contribution in [0.1, 0.15) is 5.56 Å². The number of aliphatic carboxylic acids is 1. The monoisotopic (exact) mass is 322 g/mol. The molecule has 0 aliphatic rings. The van der Waals surface area contributed by atoms with Gasteiger partial charge in [-0.15, -0.1) is 0 Å². The van der Waals surface area contributed by atoms with Crippen molar-refractivity contribution in [2.24, 2.45) is 7.05 Å². The maximum Gasteiger partial charge on any atom is 0.328 e. The molecule has 0 saturated heterocycles. The van der Waals surface area contributed by atoms with Gasteiger partial charge in [0, 0.05) is 23.2 Å². The normalized spacial score (nSPS) is 10.8. The van der Waals surface area contributed by atoms with E-state index in [1.807, 2.05) is 6.07 Å². The molecule has 0 bridgehead atoms. The highest BCUT2D eigenvalue weighted by Crippen LogP contribution is 2.29. The Bertz CT molecular complexity index is 635.